The summed E-state index contributed by atoms with van der Waals surface area (Å²) in [5.74, 6) is -0.489. The van der Waals surface area contributed by atoms with Crippen molar-refractivity contribution in [2.24, 2.45) is 0 Å². The number of anilines is 2. The molecule has 5 aromatic rings. The van der Waals surface area contributed by atoms with E-state index in [9.17, 15) is 19.2 Å². The summed E-state index contributed by atoms with van der Waals surface area (Å²) in [6.45, 7) is 3.93. The van der Waals surface area contributed by atoms with Crippen molar-refractivity contribution in [2.45, 2.75) is 24.0 Å². The summed E-state index contributed by atoms with van der Waals surface area (Å²) < 4.78 is 5.52. The summed E-state index contributed by atoms with van der Waals surface area (Å²) in [6.07, 6.45) is 1.60. The van der Waals surface area contributed by atoms with Crippen LogP contribution in [0.2, 0.25) is 0 Å². The molecule has 5 rings (SSSR count). The molecule has 0 radical (unpaired) electrons. The van der Waals surface area contributed by atoms with Gasteiger partial charge in [-0.15, -0.1) is 11.8 Å². The molecule has 0 saturated heterocycles. The molecule has 8 nitrogen and oxygen atoms in total. The number of hydrogen-bond donors (Lipinski definition) is 3. The van der Waals surface area contributed by atoms with Crippen molar-refractivity contribution in [2.75, 3.05) is 17.2 Å². The molecule has 0 aliphatic rings. The summed E-state index contributed by atoms with van der Waals surface area (Å²) >= 11 is 1.37. The van der Waals surface area contributed by atoms with Crippen molar-refractivity contribution in [3.8, 4) is 5.75 Å². The zero-order chi connectivity index (χ0) is 34.6. The van der Waals surface area contributed by atoms with Crippen molar-refractivity contribution in [1.82, 2.24) is 5.32 Å². The molecule has 246 valence electrons. The first-order valence-electron chi connectivity index (χ1n) is 15.6. The zero-order valence-corrected chi connectivity index (χ0v) is 27.8. The van der Waals surface area contributed by atoms with Crippen LogP contribution in [0.4, 0.5) is 11.4 Å². The van der Waals surface area contributed by atoms with E-state index in [1.807, 2.05) is 55.5 Å². The third kappa shape index (κ3) is 9.79. The number of rotatable bonds is 13. The monoisotopic (exact) mass is 669 g/mol. The lowest BCUT2D eigenvalue weighted by Crippen LogP contribution is -2.30. The molecule has 5 aromatic carbocycles. The Labute approximate surface area is 289 Å². The van der Waals surface area contributed by atoms with Gasteiger partial charge in [0.15, 0.2) is 5.78 Å². The van der Waals surface area contributed by atoms with Crippen molar-refractivity contribution < 1.29 is 23.9 Å². The van der Waals surface area contributed by atoms with Crippen molar-refractivity contribution in [3.05, 3.63) is 161 Å². The minimum Gasteiger partial charge on any atom is -0.494 e. The molecule has 0 fully saturated rings. The molecule has 0 bridgehead atoms. The zero-order valence-electron chi connectivity index (χ0n) is 27.0. The second-order valence-corrected chi connectivity index (χ2v) is 12.1. The maximum absolute atomic E-state index is 13.5. The first-order valence-corrected chi connectivity index (χ1v) is 16.5. The summed E-state index contributed by atoms with van der Waals surface area (Å²) in [5.41, 5.74) is 3.66. The second-order valence-electron chi connectivity index (χ2n) is 10.9. The van der Waals surface area contributed by atoms with E-state index in [4.69, 9.17) is 4.74 Å². The molecule has 0 aliphatic carbocycles. The Morgan fingerprint density at radius 2 is 1.29 bits per heavy atom. The van der Waals surface area contributed by atoms with E-state index in [0.717, 1.165) is 10.5 Å². The molecule has 1 atom stereocenters. The molecule has 0 aromatic heterocycles. The van der Waals surface area contributed by atoms with Gasteiger partial charge in [0, 0.05) is 27.4 Å². The number of ketones is 1. The van der Waals surface area contributed by atoms with Gasteiger partial charge in [-0.25, -0.2) is 0 Å². The lowest BCUT2D eigenvalue weighted by molar-refractivity contribution is -0.116. The van der Waals surface area contributed by atoms with Gasteiger partial charge >= 0.3 is 0 Å². The second kappa shape index (κ2) is 16.8. The average molecular weight is 670 g/mol. The largest absolute Gasteiger partial charge is 0.494 e. The fraction of sp³-hybridized carbons (Fsp3) is 0.100. The van der Waals surface area contributed by atoms with Gasteiger partial charge in [0.1, 0.15) is 16.7 Å². The molecule has 0 saturated carbocycles. The number of carbonyl (C=O) groups is 4. The molecule has 1 unspecified atom stereocenters. The molecular formula is C40H35N3O5S. The van der Waals surface area contributed by atoms with E-state index in [-0.39, 0.29) is 17.4 Å². The number of nitrogens with one attached hydrogen (secondary N) is 3. The smallest absolute Gasteiger partial charge is 0.272 e. The van der Waals surface area contributed by atoms with E-state index in [2.05, 4.69) is 16.0 Å². The standard InChI is InChI=1S/C40H35N3O5S/c1-3-48-34-22-14-28(15-23-34)26-36(43-38(45)31-12-8-5-9-13-31)39(46)41-33-20-24-35(25-21-33)49-37(30-10-6-4-7-11-30)40(47)42-32-18-16-29(17-19-32)27(2)44/h4-26,37H,3H2,1-2H3,(H,41,46)(H,42,47)(H,43,45)/b36-26-. The Morgan fingerprint density at radius 3 is 1.90 bits per heavy atom. The Bertz CT molecular complexity index is 1930. The van der Waals surface area contributed by atoms with Crippen LogP contribution in [0.3, 0.4) is 0 Å². The van der Waals surface area contributed by atoms with Crippen LogP contribution in [0.5, 0.6) is 5.75 Å². The molecule has 49 heavy (non-hydrogen) atoms. The van der Waals surface area contributed by atoms with E-state index in [0.29, 0.717) is 40.4 Å². The minimum absolute atomic E-state index is 0.0490. The Balaban J connectivity index is 1.32. The lowest BCUT2D eigenvalue weighted by Gasteiger charge is -2.18. The highest BCUT2D eigenvalue weighted by Gasteiger charge is 2.23. The van der Waals surface area contributed by atoms with E-state index in [1.54, 1.807) is 91.0 Å². The maximum Gasteiger partial charge on any atom is 0.272 e. The number of carbonyl (C=O) groups excluding carboxylic acids is 4. The van der Waals surface area contributed by atoms with Crippen LogP contribution in [0.25, 0.3) is 6.08 Å². The minimum atomic E-state index is -0.578. The first-order chi connectivity index (χ1) is 23.8. The molecule has 0 aliphatic heterocycles. The van der Waals surface area contributed by atoms with Gasteiger partial charge in [-0.05, 0) is 104 Å². The Hall–Kier alpha value is -5.93. The van der Waals surface area contributed by atoms with Gasteiger partial charge in [-0.3, -0.25) is 19.2 Å². The van der Waals surface area contributed by atoms with Crippen LogP contribution in [0.1, 0.15) is 50.9 Å². The predicted molar refractivity (Wildman–Crippen MR) is 195 cm³/mol. The fourth-order valence-electron chi connectivity index (χ4n) is 4.78. The molecular weight excluding hydrogens is 635 g/mol. The maximum atomic E-state index is 13.5. The molecule has 0 heterocycles. The van der Waals surface area contributed by atoms with Crippen molar-refractivity contribution in [3.63, 3.8) is 0 Å². The van der Waals surface area contributed by atoms with Crippen molar-refractivity contribution in [1.29, 1.82) is 0 Å². The predicted octanol–water partition coefficient (Wildman–Crippen LogP) is 8.17. The summed E-state index contributed by atoms with van der Waals surface area (Å²) in [4.78, 5) is 52.5. The Kier molecular flexibility index (Phi) is 11.8. The molecule has 3 N–H and O–H groups in total. The third-order valence-electron chi connectivity index (χ3n) is 7.30. The van der Waals surface area contributed by atoms with Crippen LogP contribution in [-0.4, -0.2) is 30.1 Å². The summed E-state index contributed by atoms with van der Waals surface area (Å²) in [7, 11) is 0. The highest BCUT2D eigenvalue weighted by molar-refractivity contribution is 8.00. The van der Waals surface area contributed by atoms with Crippen LogP contribution in [0.15, 0.2) is 144 Å². The van der Waals surface area contributed by atoms with Crippen LogP contribution < -0.4 is 20.7 Å². The van der Waals surface area contributed by atoms with Gasteiger partial charge in [0.2, 0.25) is 5.91 Å². The van der Waals surface area contributed by atoms with E-state index in [1.165, 1.54) is 18.7 Å². The Morgan fingerprint density at radius 1 is 0.694 bits per heavy atom. The number of benzene rings is 5. The lowest BCUT2D eigenvalue weighted by atomic mass is 10.1. The van der Waals surface area contributed by atoms with Crippen LogP contribution in [0, 0.1) is 0 Å². The number of hydrogen-bond acceptors (Lipinski definition) is 6. The van der Waals surface area contributed by atoms with Crippen molar-refractivity contribution >= 4 is 52.7 Å². The molecule has 3 amide bonds. The molecule has 9 heteroatoms. The van der Waals surface area contributed by atoms with Crippen LogP contribution >= 0.6 is 11.8 Å². The van der Waals surface area contributed by atoms with E-state index >= 15 is 0 Å². The third-order valence-corrected chi connectivity index (χ3v) is 8.56. The fourth-order valence-corrected chi connectivity index (χ4v) is 5.81. The van der Waals surface area contributed by atoms with Gasteiger partial charge < -0.3 is 20.7 Å². The van der Waals surface area contributed by atoms with Gasteiger partial charge in [-0.1, -0.05) is 60.7 Å². The topological polar surface area (TPSA) is 114 Å². The number of amides is 3. The van der Waals surface area contributed by atoms with E-state index < -0.39 is 17.1 Å². The highest BCUT2D eigenvalue weighted by Crippen LogP contribution is 2.37. The summed E-state index contributed by atoms with van der Waals surface area (Å²) in [5, 5.41) is 8.00. The highest BCUT2D eigenvalue weighted by atomic mass is 32.2. The van der Waals surface area contributed by atoms with Gasteiger partial charge in [0.25, 0.3) is 11.8 Å². The normalized spacial score (nSPS) is 11.6. The number of ether oxygens (including phenoxy) is 1. The van der Waals surface area contributed by atoms with Gasteiger partial charge in [0.05, 0.1) is 6.61 Å². The quantitative estimate of drug-likeness (QED) is 0.0662. The van der Waals surface area contributed by atoms with Crippen LogP contribution in [-0.2, 0) is 9.59 Å². The number of thioether (sulfide) groups is 1. The van der Waals surface area contributed by atoms with Gasteiger partial charge in [-0.2, -0.15) is 0 Å². The first kappa shape index (κ1) is 34.4. The molecule has 0 spiro atoms. The SMILES string of the molecule is CCOc1ccc(/C=C(\NC(=O)c2ccccc2)C(=O)Nc2ccc(SC(C(=O)Nc3ccc(C(C)=O)cc3)c3ccccc3)cc2)cc1. The number of Topliss-reactive ketones (excluding diaryl/α,β-unsaturated/α-hetero) is 1. The average Bonchev–Trinajstić information content (AvgIpc) is 3.12. The summed E-state index contributed by atoms with van der Waals surface area (Å²) in [6, 6.07) is 39.2.